The van der Waals surface area contributed by atoms with E-state index in [1.165, 1.54) is 23.1 Å². The van der Waals surface area contributed by atoms with E-state index in [0.29, 0.717) is 5.41 Å². The van der Waals surface area contributed by atoms with Crippen molar-refractivity contribution in [1.82, 2.24) is 0 Å². The van der Waals surface area contributed by atoms with E-state index in [9.17, 15) is 0 Å². The van der Waals surface area contributed by atoms with Gasteiger partial charge in [0.25, 0.3) is 0 Å². The quantitative estimate of drug-likeness (QED) is 0.402. The highest BCUT2D eigenvalue weighted by molar-refractivity contribution is 5.14. The minimum absolute atomic E-state index is 0.413. The molecule has 0 aliphatic carbocycles. The molecule has 0 saturated carbocycles. The second kappa shape index (κ2) is 8.38. The van der Waals surface area contributed by atoms with Gasteiger partial charge in [-0.25, -0.2) is 0 Å². The Morgan fingerprint density at radius 2 is 1.31 bits per heavy atom. The van der Waals surface area contributed by atoms with Crippen LogP contribution in [0.25, 0.3) is 0 Å². The number of allylic oxidation sites excluding steroid dienone is 5. The van der Waals surface area contributed by atoms with E-state index in [1.807, 2.05) is 13.8 Å². The van der Waals surface area contributed by atoms with E-state index in [0.717, 1.165) is 0 Å². The minimum Gasteiger partial charge on any atom is -0.100 e. The normalized spacial score (nSPS) is 11.4. The van der Waals surface area contributed by atoms with Crippen molar-refractivity contribution in [2.75, 3.05) is 0 Å². The maximum Gasteiger partial charge on any atom is -0.0271 e. The molecule has 0 rings (SSSR count). The summed E-state index contributed by atoms with van der Waals surface area (Å²) in [4.78, 5) is 0. The summed E-state index contributed by atoms with van der Waals surface area (Å²) < 4.78 is 0. The van der Waals surface area contributed by atoms with Crippen LogP contribution in [0.3, 0.4) is 0 Å². The summed E-state index contributed by atoms with van der Waals surface area (Å²) in [7, 11) is 0. The summed E-state index contributed by atoms with van der Waals surface area (Å²) in [5, 5.41) is 0. The van der Waals surface area contributed by atoms with Gasteiger partial charge in [-0.2, -0.15) is 0 Å². The zero-order valence-electron chi connectivity index (χ0n) is 12.6. The molecule has 0 aliphatic rings. The Hall–Kier alpha value is -0.780. The van der Waals surface area contributed by atoms with Gasteiger partial charge in [0.1, 0.15) is 0 Å². The van der Waals surface area contributed by atoms with E-state index < -0.39 is 0 Å². The lowest BCUT2D eigenvalue weighted by atomic mass is 9.88. The first kappa shape index (κ1) is 17.6. The van der Waals surface area contributed by atoms with Crippen molar-refractivity contribution in [3.63, 3.8) is 0 Å². The van der Waals surface area contributed by atoms with Crippen molar-refractivity contribution in [3.05, 3.63) is 35.5 Å². The highest BCUT2D eigenvalue weighted by atomic mass is 14.1. The van der Waals surface area contributed by atoms with Gasteiger partial charge in [-0.15, -0.1) is 6.58 Å². The van der Waals surface area contributed by atoms with Crippen molar-refractivity contribution in [2.45, 2.75) is 61.8 Å². The molecule has 0 heterocycles. The van der Waals surface area contributed by atoms with Crippen LogP contribution in [0.2, 0.25) is 0 Å². The first-order valence-electron chi connectivity index (χ1n) is 5.97. The molecular formula is C16H30. The molecule has 0 nitrogen and oxygen atoms in total. The van der Waals surface area contributed by atoms with Crippen molar-refractivity contribution in [1.29, 1.82) is 0 Å². The Bertz CT molecular complexity index is 248. The molecule has 0 radical (unpaired) electrons. The second-order valence-corrected chi connectivity index (χ2v) is 6.20. The molecule has 94 valence electrons. The lowest BCUT2D eigenvalue weighted by Crippen LogP contribution is -2.04. The van der Waals surface area contributed by atoms with Crippen LogP contribution in [0.5, 0.6) is 0 Å². The van der Waals surface area contributed by atoms with Gasteiger partial charge in [-0.3, -0.25) is 0 Å². The van der Waals surface area contributed by atoms with Gasteiger partial charge >= 0.3 is 0 Å². The summed E-state index contributed by atoms with van der Waals surface area (Å²) in [6.07, 6.45) is 5.58. The Labute approximate surface area is 103 Å². The van der Waals surface area contributed by atoms with Gasteiger partial charge in [0.05, 0.1) is 0 Å². The maximum atomic E-state index is 3.56. The second-order valence-electron chi connectivity index (χ2n) is 6.20. The van der Waals surface area contributed by atoms with Crippen molar-refractivity contribution in [2.24, 2.45) is 5.41 Å². The minimum atomic E-state index is 0.413. The van der Waals surface area contributed by atoms with E-state index in [4.69, 9.17) is 0 Å². The van der Waals surface area contributed by atoms with Gasteiger partial charge in [0.15, 0.2) is 0 Å². The predicted molar refractivity (Wildman–Crippen MR) is 77.7 cm³/mol. The average molecular weight is 222 g/mol. The SMILES string of the molecule is C=C(C)C.CC(C)=CC=C(C)CC(C)(C)C. The standard InChI is InChI=1S/C12H22.C4H8/c1-10(2)7-8-11(3)9-12(4,5)6;1-4(2)3/h7-8H,9H2,1-6H3;1H2,2-3H3. The van der Waals surface area contributed by atoms with Crippen molar-refractivity contribution >= 4 is 0 Å². The summed E-state index contributed by atoms with van der Waals surface area (Å²) in [6, 6.07) is 0. The molecular weight excluding hydrogens is 192 g/mol. The molecule has 0 aliphatic heterocycles. The molecule has 0 N–H and O–H groups in total. The number of hydrogen-bond donors (Lipinski definition) is 0. The molecule has 0 atom stereocenters. The lowest BCUT2D eigenvalue weighted by Gasteiger charge is -2.17. The largest absolute Gasteiger partial charge is 0.100 e. The molecule has 0 fully saturated rings. The van der Waals surface area contributed by atoms with Crippen LogP contribution in [-0.4, -0.2) is 0 Å². The molecule has 0 aromatic rings. The highest BCUT2D eigenvalue weighted by Crippen LogP contribution is 2.23. The maximum absolute atomic E-state index is 3.56. The average Bonchev–Trinajstić information content (AvgIpc) is 1.96. The van der Waals surface area contributed by atoms with E-state index in [-0.39, 0.29) is 0 Å². The molecule has 16 heavy (non-hydrogen) atoms. The third kappa shape index (κ3) is 23.2. The Balaban J connectivity index is 0. The van der Waals surface area contributed by atoms with Crippen molar-refractivity contribution < 1.29 is 0 Å². The molecule has 0 bridgehead atoms. The molecule has 0 aromatic carbocycles. The lowest BCUT2D eigenvalue weighted by molar-refractivity contribution is 0.410. The van der Waals surface area contributed by atoms with Crippen LogP contribution in [0, 0.1) is 5.41 Å². The predicted octanol–water partition coefficient (Wildman–Crippen LogP) is 5.92. The van der Waals surface area contributed by atoms with E-state index in [1.54, 1.807) is 0 Å². The van der Waals surface area contributed by atoms with Gasteiger partial charge in [0, 0.05) is 0 Å². The molecule has 0 unspecified atom stereocenters. The van der Waals surface area contributed by atoms with Crippen LogP contribution >= 0.6 is 0 Å². The highest BCUT2D eigenvalue weighted by Gasteiger charge is 2.09. The van der Waals surface area contributed by atoms with E-state index >= 15 is 0 Å². The first-order chi connectivity index (χ1) is 7.04. The van der Waals surface area contributed by atoms with Gasteiger partial charge < -0.3 is 0 Å². The van der Waals surface area contributed by atoms with Crippen LogP contribution in [-0.2, 0) is 0 Å². The zero-order chi connectivity index (χ0) is 13.4. The van der Waals surface area contributed by atoms with Crippen LogP contribution in [0.1, 0.15) is 61.8 Å². The van der Waals surface area contributed by atoms with Gasteiger partial charge in [-0.05, 0) is 46.5 Å². The summed E-state index contributed by atoms with van der Waals surface area (Å²) >= 11 is 0. The molecule has 0 amide bonds. The third-order valence-corrected chi connectivity index (χ3v) is 1.51. The topological polar surface area (TPSA) is 0 Å². The van der Waals surface area contributed by atoms with Gasteiger partial charge in [-0.1, -0.05) is 49.6 Å². The smallest absolute Gasteiger partial charge is 0.0271 e. The molecule has 0 aromatic heterocycles. The van der Waals surface area contributed by atoms with Crippen LogP contribution in [0.15, 0.2) is 35.5 Å². The van der Waals surface area contributed by atoms with E-state index in [2.05, 4.69) is 60.3 Å². The Morgan fingerprint density at radius 3 is 1.56 bits per heavy atom. The first-order valence-corrected chi connectivity index (χ1v) is 5.97. The monoisotopic (exact) mass is 222 g/mol. The van der Waals surface area contributed by atoms with Crippen LogP contribution < -0.4 is 0 Å². The Kier molecular flexibility index (Phi) is 9.22. The molecule has 0 spiro atoms. The molecule has 0 heteroatoms. The van der Waals surface area contributed by atoms with Crippen LogP contribution in [0.4, 0.5) is 0 Å². The number of hydrogen-bond acceptors (Lipinski definition) is 0. The summed E-state index contributed by atoms with van der Waals surface area (Å²) in [5.74, 6) is 0. The zero-order valence-corrected chi connectivity index (χ0v) is 12.6. The number of rotatable bonds is 2. The fourth-order valence-corrected chi connectivity index (χ4v) is 1.20. The Morgan fingerprint density at radius 1 is 0.938 bits per heavy atom. The third-order valence-electron chi connectivity index (χ3n) is 1.51. The van der Waals surface area contributed by atoms with Crippen molar-refractivity contribution in [3.8, 4) is 0 Å². The fourth-order valence-electron chi connectivity index (χ4n) is 1.20. The summed E-state index contributed by atoms with van der Waals surface area (Å²) in [5.41, 5.74) is 4.41. The molecule has 0 saturated heterocycles. The van der Waals surface area contributed by atoms with Gasteiger partial charge in [0.2, 0.25) is 0 Å². The summed E-state index contributed by atoms with van der Waals surface area (Å²) in [6.45, 7) is 20.8. The fraction of sp³-hybridized carbons (Fsp3) is 0.625.